The fourth-order valence-electron chi connectivity index (χ4n) is 1.99. The van der Waals surface area contributed by atoms with Crippen LogP contribution in [0.4, 0.5) is 8.78 Å². The Labute approximate surface area is 112 Å². The molecule has 0 unspecified atom stereocenters. The number of hydrogen-bond donors (Lipinski definition) is 0. The van der Waals surface area contributed by atoms with E-state index in [1.807, 2.05) is 6.92 Å². The lowest BCUT2D eigenvalue weighted by atomic mass is 10.1. The Morgan fingerprint density at radius 1 is 1.10 bits per heavy atom. The minimum absolute atomic E-state index is 0.283. The van der Waals surface area contributed by atoms with Crippen LogP contribution in [0.5, 0.6) is 0 Å². The van der Waals surface area contributed by atoms with E-state index < -0.39 is 22.8 Å². The zero-order valence-electron chi connectivity index (χ0n) is 10.5. The predicted molar refractivity (Wildman–Crippen MR) is 70.4 cm³/mol. The van der Waals surface area contributed by atoms with E-state index in [0.717, 1.165) is 17.7 Å². The highest BCUT2D eigenvalue weighted by Gasteiger charge is 2.16. The lowest BCUT2D eigenvalue weighted by molar-refractivity contribution is 0.501. The molecule has 0 bridgehead atoms. The predicted octanol–water partition coefficient (Wildman–Crippen LogP) is 3.44. The maximum absolute atomic E-state index is 13.7. The summed E-state index contributed by atoms with van der Waals surface area (Å²) in [7, 11) is 0. The van der Waals surface area contributed by atoms with Crippen LogP contribution in [-0.4, -0.2) is 4.98 Å². The standard InChI is InChI=1S/C15H9F2NO2/c1-8-5-6-12-9(7-8)15(19)20-14(18-12)13-10(16)3-2-4-11(13)17/h2-7H,1H3. The minimum atomic E-state index is -0.827. The molecule has 0 aliphatic carbocycles. The van der Waals surface area contributed by atoms with Gasteiger partial charge in [-0.2, -0.15) is 0 Å². The summed E-state index contributed by atoms with van der Waals surface area (Å²) in [5, 5.41) is 0.283. The van der Waals surface area contributed by atoms with Crippen LogP contribution in [0.25, 0.3) is 22.4 Å². The van der Waals surface area contributed by atoms with Crippen molar-refractivity contribution in [2.24, 2.45) is 0 Å². The molecule has 5 heteroatoms. The van der Waals surface area contributed by atoms with Gasteiger partial charge in [-0.3, -0.25) is 0 Å². The molecule has 0 aliphatic heterocycles. The quantitative estimate of drug-likeness (QED) is 0.682. The number of halogens is 2. The van der Waals surface area contributed by atoms with Crippen LogP contribution in [-0.2, 0) is 0 Å². The molecule has 0 saturated heterocycles. The van der Waals surface area contributed by atoms with Gasteiger partial charge in [-0.1, -0.05) is 17.7 Å². The minimum Gasteiger partial charge on any atom is -0.403 e. The molecule has 0 atom stereocenters. The number of rotatable bonds is 1. The van der Waals surface area contributed by atoms with E-state index in [-0.39, 0.29) is 11.3 Å². The zero-order valence-corrected chi connectivity index (χ0v) is 10.5. The first-order valence-electron chi connectivity index (χ1n) is 5.92. The number of aromatic nitrogens is 1. The molecular weight excluding hydrogens is 264 g/mol. The molecule has 20 heavy (non-hydrogen) atoms. The normalized spacial score (nSPS) is 10.9. The van der Waals surface area contributed by atoms with Gasteiger partial charge in [-0.25, -0.2) is 18.6 Å². The van der Waals surface area contributed by atoms with Crippen LogP contribution in [0.3, 0.4) is 0 Å². The molecule has 1 heterocycles. The van der Waals surface area contributed by atoms with E-state index in [4.69, 9.17) is 4.42 Å². The van der Waals surface area contributed by atoms with Gasteiger partial charge in [-0.05, 0) is 31.2 Å². The van der Waals surface area contributed by atoms with E-state index in [1.54, 1.807) is 18.2 Å². The van der Waals surface area contributed by atoms with Crippen molar-refractivity contribution in [2.75, 3.05) is 0 Å². The SMILES string of the molecule is Cc1ccc2nc(-c3c(F)cccc3F)oc(=O)c2c1. The highest BCUT2D eigenvalue weighted by Crippen LogP contribution is 2.24. The van der Waals surface area contributed by atoms with Crippen LogP contribution < -0.4 is 5.63 Å². The van der Waals surface area contributed by atoms with Gasteiger partial charge < -0.3 is 4.42 Å². The summed E-state index contributed by atoms with van der Waals surface area (Å²) in [5.74, 6) is -2.01. The van der Waals surface area contributed by atoms with Crippen LogP contribution in [0.1, 0.15) is 5.56 Å². The van der Waals surface area contributed by atoms with Crippen LogP contribution in [0.2, 0.25) is 0 Å². The van der Waals surface area contributed by atoms with Crippen molar-refractivity contribution < 1.29 is 13.2 Å². The topological polar surface area (TPSA) is 43.1 Å². The molecule has 0 amide bonds. The first-order chi connectivity index (χ1) is 9.56. The van der Waals surface area contributed by atoms with Gasteiger partial charge in [0.05, 0.1) is 10.9 Å². The molecule has 0 aliphatic rings. The number of nitrogens with zero attached hydrogens (tertiary/aromatic N) is 1. The summed E-state index contributed by atoms with van der Waals surface area (Å²) in [5.41, 5.74) is 0.101. The van der Waals surface area contributed by atoms with E-state index >= 15 is 0 Å². The molecule has 0 spiro atoms. The Bertz CT molecular complexity index is 851. The summed E-state index contributed by atoms with van der Waals surface area (Å²) < 4.78 is 32.3. The van der Waals surface area contributed by atoms with Crippen molar-refractivity contribution in [1.82, 2.24) is 4.98 Å². The highest BCUT2D eigenvalue weighted by molar-refractivity contribution is 5.79. The maximum Gasteiger partial charge on any atom is 0.347 e. The number of aryl methyl sites for hydroxylation is 1. The monoisotopic (exact) mass is 273 g/mol. The summed E-state index contributed by atoms with van der Waals surface area (Å²) in [6.45, 7) is 1.82. The number of benzene rings is 2. The van der Waals surface area contributed by atoms with Gasteiger partial charge >= 0.3 is 5.63 Å². The van der Waals surface area contributed by atoms with E-state index in [2.05, 4.69) is 4.98 Å². The van der Waals surface area contributed by atoms with Gasteiger partial charge in [-0.15, -0.1) is 0 Å². The van der Waals surface area contributed by atoms with Crippen LogP contribution in [0.15, 0.2) is 45.6 Å². The molecule has 100 valence electrons. The smallest absolute Gasteiger partial charge is 0.347 e. The van der Waals surface area contributed by atoms with E-state index in [1.165, 1.54) is 6.07 Å². The second-order valence-electron chi connectivity index (χ2n) is 4.42. The summed E-state index contributed by atoms with van der Waals surface area (Å²) >= 11 is 0. The van der Waals surface area contributed by atoms with Crippen molar-refractivity contribution >= 4 is 10.9 Å². The maximum atomic E-state index is 13.7. The second-order valence-corrected chi connectivity index (χ2v) is 4.42. The molecule has 3 rings (SSSR count). The Kier molecular flexibility index (Phi) is 2.82. The Morgan fingerprint density at radius 3 is 2.50 bits per heavy atom. The average Bonchev–Trinajstić information content (AvgIpc) is 2.39. The molecular formula is C15H9F2NO2. The molecule has 2 aromatic carbocycles. The number of fused-ring (bicyclic) bond motifs is 1. The first-order valence-corrected chi connectivity index (χ1v) is 5.92. The van der Waals surface area contributed by atoms with Gasteiger partial charge in [0.15, 0.2) is 0 Å². The van der Waals surface area contributed by atoms with Crippen LogP contribution in [0, 0.1) is 18.6 Å². The average molecular weight is 273 g/mol. The molecule has 0 radical (unpaired) electrons. The van der Waals surface area contributed by atoms with Crippen molar-refractivity contribution in [3.8, 4) is 11.5 Å². The number of hydrogen-bond acceptors (Lipinski definition) is 3. The van der Waals surface area contributed by atoms with Gasteiger partial charge in [0.2, 0.25) is 5.89 Å². The Hall–Kier alpha value is -2.56. The molecule has 0 fully saturated rings. The third-order valence-electron chi connectivity index (χ3n) is 2.96. The van der Waals surface area contributed by atoms with Gasteiger partial charge in [0, 0.05) is 0 Å². The summed E-state index contributed by atoms with van der Waals surface area (Å²) in [6, 6.07) is 8.39. The van der Waals surface area contributed by atoms with Gasteiger partial charge in [0.25, 0.3) is 0 Å². The van der Waals surface area contributed by atoms with Crippen LogP contribution >= 0.6 is 0 Å². The molecule has 0 N–H and O–H groups in total. The Balaban J connectivity index is 2.34. The van der Waals surface area contributed by atoms with E-state index in [9.17, 15) is 13.6 Å². The molecule has 0 saturated carbocycles. The fourth-order valence-corrected chi connectivity index (χ4v) is 1.99. The second kappa shape index (κ2) is 4.52. The Morgan fingerprint density at radius 2 is 1.80 bits per heavy atom. The van der Waals surface area contributed by atoms with Crippen molar-refractivity contribution in [1.29, 1.82) is 0 Å². The lowest BCUT2D eigenvalue weighted by Gasteiger charge is -2.04. The lowest BCUT2D eigenvalue weighted by Crippen LogP contribution is -2.04. The summed E-state index contributed by atoms with van der Waals surface area (Å²) in [6.07, 6.45) is 0. The molecule has 1 aromatic heterocycles. The van der Waals surface area contributed by atoms with Crippen molar-refractivity contribution in [2.45, 2.75) is 6.92 Å². The molecule has 3 nitrogen and oxygen atoms in total. The van der Waals surface area contributed by atoms with Gasteiger partial charge in [0.1, 0.15) is 17.2 Å². The fraction of sp³-hybridized carbons (Fsp3) is 0.0667. The highest BCUT2D eigenvalue weighted by atomic mass is 19.1. The molecule has 3 aromatic rings. The summed E-state index contributed by atoms with van der Waals surface area (Å²) in [4.78, 5) is 15.9. The largest absolute Gasteiger partial charge is 0.403 e. The van der Waals surface area contributed by atoms with Crippen molar-refractivity contribution in [3.63, 3.8) is 0 Å². The third kappa shape index (κ3) is 1.97. The first kappa shape index (κ1) is 12.5. The third-order valence-corrected chi connectivity index (χ3v) is 2.96. The van der Waals surface area contributed by atoms with Crippen molar-refractivity contribution in [3.05, 3.63) is 64.0 Å². The van der Waals surface area contributed by atoms with E-state index in [0.29, 0.717) is 5.52 Å². The zero-order chi connectivity index (χ0) is 14.3.